The molecule has 2 aromatic carbocycles. The molecule has 3 aromatic rings. The number of hydrogen-bond acceptors (Lipinski definition) is 2. The quantitative estimate of drug-likeness (QED) is 0.653. The van der Waals surface area contributed by atoms with Crippen molar-refractivity contribution in [3.8, 4) is 0 Å². The number of para-hydroxylation sites is 2. The topological polar surface area (TPSA) is 46.9 Å². The number of aryl methyl sites for hydroxylation is 2. The highest BCUT2D eigenvalue weighted by Crippen LogP contribution is 2.19. The van der Waals surface area contributed by atoms with Gasteiger partial charge in [0, 0.05) is 25.4 Å². The van der Waals surface area contributed by atoms with Crippen LogP contribution in [0.25, 0.3) is 11.0 Å². The summed E-state index contributed by atoms with van der Waals surface area (Å²) in [6.07, 6.45) is 1.73. The molecule has 4 heteroatoms. The molecule has 3 rings (SSSR count). The molecule has 26 heavy (non-hydrogen) atoms. The molecule has 136 valence electrons. The van der Waals surface area contributed by atoms with Crippen LogP contribution in [-0.4, -0.2) is 22.0 Å². The van der Waals surface area contributed by atoms with E-state index in [1.54, 1.807) is 0 Å². The molecule has 0 fully saturated rings. The van der Waals surface area contributed by atoms with Crippen molar-refractivity contribution < 1.29 is 4.79 Å². The number of rotatable bonds is 7. The SMILES string of the molecule is Cc1ccc(Cn2c(CCCNC(=O)C(C)C)nc3ccccc32)cc1. The van der Waals surface area contributed by atoms with Gasteiger partial charge in [-0.15, -0.1) is 0 Å². The van der Waals surface area contributed by atoms with E-state index in [0.29, 0.717) is 6.54 Å². The van der Waals surface area contributed by atoms with Crippen LogP contribution in [0, 0.1) is 12.8 Å². The van der Waals surface area contributed by atoms with Crippen molar-refractivity contribution in [2.45, 2.75) is 40.2 Å². The second kappa shape index (κ2) is 8.17. The molecule has 0 aliphatic carbocycles. The van der Waals surface area contributed by atoms with Crippen LogP contribution in [0.3, 0.4) is 0 Å². The molecule has 0 saturated heterocycles. The van der Waals surface area contributed by atoms with Crippen LogP contribution < -0.4 is 5.32 Å². The molecule has 0 radical (unpaired) electrons. The van der Waals surface area contributed by atoms with Gasteiger partial charge in [-0.05, 0) is 31.0 Å². The standard InChI is InChI=1S/C22H27N3O/c1-16(2)22(26)23-14-6-9-21-24-19-7-4-5-8-20(19)25(21)15-18-12-10-17(3)11-13-18/h4-5,7-8,10-13,16H,6,9,14-15H2,1-3H3,(H,23,26). The Kier molecular flexibility index (Phi) is 5.71. The zero-order valence-electron chi connectivity index (χ0n) is 15.8. The largest absolute Gasteiger partial charge is 0.356 e. The minimum Gasteiger partial charge on any atom is -0.356 e. The first-order chi connectivity index (χ1) is 12.5. The van der Waals surface area contributed by atoms with Gasteiger partial charge < -0.3 is 9.88 Å². The molecule has 0 saturated carbocycles. The van der Waals surface area contributed by atoms with Crippen molar-refractivity contribution in [2.75, 3.05) is 6.54 Å². The molecule has 0 aliphatic rings. The zero-order chi connectivity index (χ0) is 18.5. The second-order valence-electron chi connectivity index (χ2n) is 7.14. The Morgan fingerprint density at radius 2 is 1.85 bits per heavy atom. The number of nitrogens with one attached hydrogen (secondary N) is 1. The predicted molar refractivity (Wildman–Crippen MR) is 106 cm³/mol. The van der Waals surface area contributed by atoms with Crippen molar-refractivity contribution in [1.29, 1.82) is 0 Å². The minimum absolute atomic E-state index is 0.0288. The van der Waals surface area contributed by atoms with Gasteiger partial charge in [0.15, 0.2) is 0 Å². The monoisotopic (exact) mass is 349 g/mol. The Bertz CT molecular complexity index is 878. The highest BCUT2D eigenvalue weighted by molar-refractivity contribution is 5.77. The summed E-state index contributed by atoms with van der Waals surface area (Å²) in [6, 6.07) is 16.9. The molecule has 0 aliphatic heterocycles. The van der Waals surface area contributed by atoms with Gasteiger partial charge >= 0.3 is 0 Å². The summed E-state index contributed by atoms with van der Waals surface area (Å²) in [6.45, 7) is 7.43. The second-order valence-corrected chi connectivity index (χ2v) is 7.14. The van der Waals surface area contributed by atoms with Crippen molar-refractivity contribution in [3.05, 3.63) is 65.5 Å². The number of imidazole rings is 1. The summed E-state index contributed by atoms with van der Waals surface area (Å²) < 4.78 is 2.30. The van der Waals surface area contributed by atoms with E-state index in [1.165, 1.54) is 11.1 Å². The number of fused-ring (bicyclic) bond motifs is 1. The van der Waals surface area contributed by atoms with Crippen LogP contribution in [-0.2, 0) is 17.8 Å². The molecule has 0 unspecified atom stereocenters. The molecule has 0 atom stereocenters. The lowest BCUT2D eigenvalue weighted by atomic mass is 10.1. The minimum atomic E-state index is 0.0288. The van der Waals surface area contributed by atoms with E-state index in [-0.39, 0.29) is 11.8 Å². The lowest BCUT2D eigenvalue weighted by Crippen LogP contribution is -2.28. The third kappa shape index (κ3) is 4.31. The maximum atomic E-state index is 11.7. The van der Waals surface area contributed by atoms with E-state index >= 15 is 0 Å². The van der Waals surface area contributed by atoms with Gasteiger partial charge in [0.2, 0.25) is 5.91 Å². The van der Waals surface area contributed by atoms with Crippen LogP contribution in [0.15, 0.2) is 48.5 Å². The zero-order valence-corrected chi connectivity index (χ0v) is 15.8. The fourth-order valence-electron chi connectivity index (χ4n) is 3.03. The molecule has 1 aromatic heterocycles. The summed E-state index contributed by atoms with van der Waals surface area (Å²) in [7, 11) is 0. The Morgan fingerprint density at radius 1 is 1.12 bits per heavy atom. The fourth-order valence-corrected chi connectivity index (χ4v) is 3.03. The van der Waals surface area contributed by atoms with Crippen LogP contribution >= 0.6 is 0 Å². The smallest absolute Gasteiger partial charge is 0.222 e. The average Bonchev–Trinajstić information content (AvgIpc) is 2.98. The van der Waals surface area contributed by atoms with Gasteiger partial charge in [0.25, 0.3) is 0 Å². The van der Waals surface area contributed by atoms with Crippen molar-refractivity contribution >= 4 is 16.9 Å². The first-order valence-electron chi connectivity index (χ1n) is 9.32. The number of benzene rings is 2. The number of aromatic nitrogens is 2. The Balaban J connectivity index is 1.76. The van der Waals surface area contributed by atoms with Crippen molar-refractivity contribution in [3.63, 3.8) is 0 Å². The lowest BCUT2D eigenvalue weighted by Gasteiger charge is -2.11. The van der Waals surface area contributed by atoms with Crippen LogP contribution in [0.5, 0.6) is 0 Å². The van der Waals surface area contributed by atoms with E-state index in [0.717, 1.165) is 36.2 Å². The van der Waals surface area contributed by atoms with Crippen molar-refractivity contribution in [1.82, 2.24) is 14.9 Å². The van der Waals surface area contributed by atoms with Gasteiger partial charge in [0.05, 0.1) is 11.0 Å². The number of carbonyl (C=O) groups excluding carboxylic acids is 1. The molecule has 0 bridgehead atoms. The van der Waals surface area contributed by atoms with Crippen molar-refractivity contribution in [2.24, 2.45) is 5.92 Å². The number of amides is 1. The molecular formula is C22H27N3O. The summed E-state index contributed by atoms with van der Waals surface area (Å²) >= 11 is 0. The lowest BCUT2D eigenvalue weighted by molar-refractivity contribution is -0.123. The molecular weight excluding hydrogens is 322 g/mol. The van der Waals surface area contributed by atoms with Gasteiger partial charge in [0.1, 0.15) is 5.82 Å². The normalized spacial score (nSPS) is 11.2. The first-order valence-corrected chi connectivity index (χ1v) is 9.32. The highest BCUT2D eigenvalue weighted by Gasteiger charge is 2.11. The predicted octanol–water partition coefficient (Wildman–Crippen LogP) is 4.10. The summed E-state index contributed by atoms with van der Waals surface area (Å²) in [5.74, 6) is 1.21. The Labute approximate surface area is 155 Å². The molecule has 1 N–H and O–H groups in total. The van der Waals surface area contributed by atoms with Gasteiger partial charge in [-0.25, -0.2) is 4.98 Å². The van der Waals surface area contributed by atoms with Crippen LogP contribution in [0.4, 0.5) is 0 Å². The maximum Gasteiger partial charge on any atom is 0.222 e. The van der Waals surface area contributed by atoms with Gasteiger partial charge in [-0.3, -0.25) is 4.79 Å². The van der Waals surface area contributed by atoms with E-state index < -0.39 is 0 Å². The number of carbonyl (C=O) groups is 1. The summed E-state index contributed by atoms with van der Waals surface area (Å²) in [5.41, 5.74) is 4.73. The third-order valence-corrected chi connectivity index (χ3v) is 4.60. The van der Waals surface area contributed by atoms with E-state index in [4.69, 9.17) is 4.98 Å². The van der Waals surface area contributed by atoms with E-state index in [2.05, 4.69) is 59.3 Å². The van der Waals surface area contributed by atoms with E-state index in [1.807, 2.05) is 19.9 Å². The number of hydrogen-bond donors (Lipinski definition) is 1. The first kappa shape index (κ1) is 18.2. The Hall–Kier alpha value is -2.62. The fraction of sp³-hybridized carbons (Fsp3) is 0.364. The van der Waals surface area contributed by atoms with Gasteiger partial charge in [-0.2, -0.15) is 0 Å². The maximum absolute atomic E-state index is 11.7. The van der Waals surface area contributed by atoms with Crippen LogP contribution in [0.2, 0.25) is 0 Å². The van der Waals surface area contributed by atoms with E-state index in [9.17, 15) is 4.79 Å². The van der Waals surface area contributed by atoms with Crippen LogP contribution in [0.1, 0.15) is 37.2 Å². The molecule has 1 amide bonds. The highest BCUT2D eigenvalue weighted by atomic mass is 16.1. The Morgan fingerprint density at radius 3 is 2.58 bits per heavy atom. The summed E-state index contributed by atoms with van der Waals surface area (Å²) in [5, 5.41) is 2.99. The number of nitrogens with zero attached hydrogens (tertiary/aromatic N) is 2. The third-order valence-electron chi connectivity index (χ3n) is 4.60. The van der Waals surface area contributed by atoms with Gasteiger partial charge in [-0.1, -0.05) is 55.8 Å². The summed E-state index contributed by atoms with van der Waals surface area (Å²) in [4.78, 5) is 16.5. The molecule has 4 nitrogen and oxygen atoms in total. The molecule has 0 spiro atoms. The molecule has 1 heterocycles. The average molecular weight is 349 g/mol.